The second kappa shape index (κ2) is 5.96. The van der Waals surface area contributed by atoms with E-state index in [2.05, 4.69) is 5.32 Å². The molecule has 0 aromatic carbocycles. The summed E-state index contributed by atoms with van der Waals surface area (Å²) in [5, 5.41) is 18.2. The predicted octanol–water partition coefficient (Wildman–Crippen LogP) is -1.39. The van der Waals surface area contributed by atoms with E-state index < -0.39 is 12.2 Å². The average Bonchev–Trinajstić information content (AvgIpc) is 1.65. The van der Waals surface area contributed by atoms with Crippen LogP contribution in [0.5, 0.6) is 0 Å². The summed E-state index contributed by atoms with van der Waals surface area (Å²) >= 11 is 0. The van der Waals surface area contributed by atoms with Crippen LogP contribution in [-0.2, 0) is 4.79 Å². The second-order valence-corrected chi connectivity index (χ2v) is 1.03. The van der Waals surface area contributed by atoms with Crippen molar-refractivity contribution in [3.63, 3.8) is 0 Å². The molecule has 1 unspecified atom stereocenters. The number of aliphatic carboxylic acids is 1. The average molecular weight is 332 g/mol. The molecule has 0 saturated heterocycles. The summed E-state index contributed by atoms with van der Waals surface area (Å²) in [5.74, 6) is -1.26. The normalized spacial score (nSPS) is 11.8. The molecule has 1 atom stereocenters. The zero-order valence-corrected chi connectivity index (χ0v) is 9.20. The van der Waals surface area contributed by atoms with E-state index in [1.165, 1.54) is 7.05 Å². The van der Waals surface area contributed by atoms with Crippen LogP contribution in [0, 0.1) is 44.1 Å². The van der Waals surface area contributed by atoms with E-state index in [9.17, 15) is 4.79 Å². The fraction of sp³-hybridized carbons (Fsp3) is 0.667. The number of aliphatic hydroxyl groups is 1. The molecule has 0 rings (SSSR count). The Kier molecular flexibility index (Phi) is 8.65. The van der Waals surface area contributed by atoms with Crippen LogP contribution in [0.4, 0.5) is 0 Å². The number of aliphatic hydroxyl groups excluding tert-OH is 1. The van der Waals surface area contributed by atoms with Gasteiger partial charge in [0.25, 0.3) is 0 Å². The molecule has 0 aromatic heterocycles. The molecule has 0 aromatic rings. The van der Waals surface area contributed by atoms with Gasteiger partial charge in [0.15, 0.2) is 0 Å². The molecule has 0 heterocycles. The van der Waals surface area contributed by atoms with Gasteiger partial charge in [-0.3, -0.25) is 5.32 Å². The summed E-state index contributed by atoms with van der Waals surface area (Å²) in [6.45, 7) is 0. The standard InChI is InChI=1S/C3H7NO3.Ac/c1-4-2(5)3(6)7;/h2,4-5H,1H3,(H,6,7);. The van der Waals surface area contributed by atoms with Crippen LogP contribution in [0.3, 0.4) is 0 Å². The van der Waals surface area contributed by atoms with Crippen LogP contribution in [0.15, 0.2) is 0 Å². The maximum Gasteiger partial charge on any atom is 0.347 e. The molecular formula is C3H7AcNO3. The van der Waals surface area contributed by atoms with Crippen molar-refractivity contribution >= 4 is 5.97 Å². The minimum absolute atomic E-state index is 0. The van der Waals surface area contributed by atoms with Crippen LogP contribution in [0.2, 0.25) is 0 Å². The Labute approximate surface area is 82.8 Å². The van der Waals surface area contributed by atoms with Crippen molar-refractivity contribution in [2.45, 2.75) is 6.23 Å². The van der Waals surface area contributed by atoms with Crippen LogP contribution < -0.4 is 5.32 Å². The van der Waals surface area contributed by atoms with E-state index in [-0.39, 0.29) is 44.1 Å². The van der Waals surface area contributed by atoms with Crippen LogP contribution >= 0.6 is 0 Å². The Balaban J connectivity index is 0. The van der Waals surface area contributed by atoms with Gasteiger partial charge in [0.2, 0.25) is 6.23 Å². The summed E-state index contributed by atoms with van der Waals surface area (Å²) < 4.78 is 0. The number of carboxylic acids is 1. The largest absolute Gasteiger partial charge is 0.478 e. The van der Waals surface area contributed by atoms with Crippen molar-refractivity contribution in [3.8, 4) is 0 Å². The molecular weight excluding hydrogens is 325 g/mol. The van der Waals surface area contributed by atoms with E-state index in [0.717, 1.165) is 0 Å². The maximum absolute atomic E-state index is 9.62. The first-order valence-electron chi connectivity index (χ1n) is 1.76. The van der Waals surface area contributed by atoms with Gasteiger partial charge >= 0.3 is 5.97 Å². The third-order valence-corrected chi connectivity index (χ3v) is 0.507. The third kappa shape index (κ3) is 4.98. The smallest absolute Gasteiger partial charge is 0.347 e. The number of likely N-dealkylation sites (N-methyl/N-ethyl adjacent to an activating group) is 1. The molecule has 0 aliphatic carbocycles. The molecule has 3 N–H and O–H groups in total. The van der Waals surface area contributed by atoms with Gasteiger partial charge in [-0.05, 0) is 7.05 Å². The number of hydrogen-bond donors (Lipinski definition) is 3. The zero-order chi connectivity index (χ0) is 5.86. The Morgan fingerprint density at radius 1 is 1.75 bits per heavy atom. The van der Waals surface area contributed by atoms with E-state index in [1.54, 1.807) is 0 Å². The van der Waals surface area contributed by atoms with Gasteiger partial charge in [-0.25, -0.2) is 4.79 Å². The van der Waals surface area contributed by atoms with Gasteiger partial charge in [0, 0.05) is 44.1 Å². The van der Waals surface area contributed by atoms with Crippen molar-refractivity contribution < 1.29 is 59.1 Å². The number of carbonyl (C=O) groups is 1. The van der Waals surface area contributed by atoms with E-state index in [1.807, 2.05) is 0 Å². The maximum atomic E-state index is 9.62. The number of rotatable bonds is 2. The van der Waals surface area contributed by atoms with Gasteiger partial charge in [-0.15, -0.1) is 0 Å². The first-order valence-corrected chi connectivity index (χ1v) is 1.76. The van der Waals surface area contributed by atoms with Crippen molar-refractivity contribution in [2.24, 2.45) is 0 Å². The molecule has 1 radical (unpaired) electrons. The molecule has 0 aliphatic rings. The van der Waals surface area contributed by atoms with Gasteiger partial charge < -0.3 is 10.2 Å². The van der Waals surface area contributed by atoms with Crippen LogP contribution in [0.1, 0.15) is 0 Å². The summed E-state index contributed by atoms with van der Waals surface area (Å²) in [6.07, 6.45) is -1.43. The summed E-state index contributed by atoms with van der Waals surface area (Å²) in [6, 6.07) is 0. The Morgan fingerprint density at radius 2 is 2.12 bits per heavy atom. The third-order valence-electron chi connectivity index (χ3n) is 0.507. The molecule has 4 nitrogen and oxygen atoms in total. The molecule has 0 amide bonds. The Morgan fingerprint density at radius 3 is 2.12 bits per heavy atom. The number of carboxylic acid groups (broad SMARTS) is 1. The van der Waals surface area contributed by atoms with Crippen molar-refractivity contribution in [1.29, 1.82) is 0 Å². The second-order valence-electron chi connectivity index (χ2n) is 1.03. The van der Waals surface area contributed by atoms with Gasteiger partial charge in [-0.2, -0.15) is 0 Å². The fourth-order valence-corrected chi connectivity index (χ4v) is 0.123. The summed E-state index contributed by atoms with van der Waals surface area (Å²) in [7, 11) is 1.36. The van der Waals surface area contributed by atoms with E-state index in [0.29, 0.717) is 0 Å². The monoisotopic (exact) mass is 332 g/mol. The molecule has 8 heavy (non-hydrogen) atoms. The first-order chi connectivity index (χ1) is 3.18. The van der Waals surface area contributed by atoms with Crippen molar-refractivity contribution in [1.82, 2.24) is 5.32 Å². The number of nitrogens with one attached hydrogen (secondary N) is 1. The molecule has 0 bridgehead atoms. The molecule has 0 aliphatic heterocycles. The Bertz CT molecular complexity index is 76.9. The molecule has 45 valence electrons. The van der Waals surface area contributed by atoms with E-state index >= 15 is 0 Å². The molecule has 5 heteroatoms. The quantitative estimate of drug-likeness (QED) is 0.545. The van der Waals surface area contributed by atoms with Crippen molar-refractivity contribution in [3.05, 3.63) is 0 Å². The van der Waals surface area contributed by atoms with Gasteiger partial charge in [0.05, 0.1) is 0 Å². The number of hydrogen-bond acceptors (Lipinski definition) is 3. The van der Waals surface area contributed by atoms with Crippen LogP contribution in [-0.4, -0.2) is 29.5 Å². The Hall–Kier alpha value is 0.832. The zero-order valence-electron chi connectivity index (χ0n) is 4.46. The van der Waals surface area contributed by atoms with E-state index in [4.69, 9.17) is 10.2 Å². The summed E-state index contributed by atoms with van der Waals surface area (Å²) in [4.78, 5) is 9.62. The molecule has 0 spiro atoms. The molecule has 0 fully saturated rings. The first kappa shape index (κ1) is 11.6. The van der Waals surface area contributed by atoms with Gasteiger partial charge in [0.1, 0.15) is 0 Å². The van der Waals surface area contributed by atoms with Gasteiger partial charge in [-0.1, -0.05) is 0 Å². The minimum Gasteiger partial charge on any atom is -0.478 e. The minimum atomic E-state index is -1.43. The topological polar surface area (TPSA) is 69.6 Å². The SMILES string of the molecule is CNC(O)C(=O)O.[Ac]. The van der Waals surface area contributed by atoms with Crippen molar-refractivity contribution in [2.75, 3.05) is 7.05 Å². The fourth-order valence-electron chi connectivity index (χ4n) is 0.123. The predicted molar refractivity (Wildman–Crippen MR) is 22.7 cm³/mol. The molecule has 0 saturated carbocycles. The summed E-state index contributed by atoms with van der Waals surface area (Å²) in [5.41, 5.74) is 0. The van der Waals surface area contributed by atoms with Crippen LogP contribution in [0.25, 0.3) is 0 Å².